The molecule has 3 aromatic carbocycles. The van der Waals surface area contributed by atoms with E-state index in [0.29, 0.717) is 22.0 Å². The van der Waals surface area contributed by atoms with Crippen molar-refractivity contribution < 1.29 is 26.4 Å². The van der Waals surface area contributed by atoms with E-state index in [0.717, 1.165) is 0 Å². The Labute approximate surface area is 192 Å². The van der Waals surface area contributed by atoms with Gasteiger partial charge in [0.25, 0.3) is 15.9 Å². The lowest BCUT2D eigenvalue weighted by atomic mass is 10.1. The van der Waals surface area contributed by atoms with Crippen molar-refractivity contribution in [1.29, 1.82) is 0 Å². The van der Waals surface area contributed by atoms with Crippen molar-refractivity contribution in [2.24, 2.45) is 0 Å². The van der Waals surface area contributed by atoms with Crippen LogP contribution in [0.15, 0.2) is 58.3 Å². The van der Waals surface area contributed by atoms with Gasteiger partial charge in [0, 0.05) is 35.1 Å². The molecule has 33 heavy (non-hydrogen) atoms. The lowest BCUT2D eigenvalue weighted by Crippen LogP contribution is -2.30. The first-order valence-corrected chi connectivity index (χ1v) is 13.1. The molecule has 0 radical (unpaired) electrons. The summed E-state index contributed by atoms with van der Waals surface area (Å²) in [6.07, 6.45) is 0. The molecule has 11 heteroatoms. The first-order valence-electron chi connectivity index (χ1n) is 10.2. The molecule has 0 bridgehead atoms. The highest BCUT2D eigenvalue weighted by atomic mass is 32.2. The van der Waals surface area contributed by atoms with E-state index in [1.54, 1.807) is 32.0 Å². The second-order valence-electron chi connectivity index (χ2n) is 7.35. The van der Waals surface area contributed by atoms with Crippen LogP contribution in [-0.4, -0.2) is 47.2 Å². The first-order chi connectivity index (χ1) is 15.6. The Morgan fingerprint density at radius 3 is 2.39 bits per heavy atom. The predicted octanol–water partition coefficient (Wildman–Crippen LogP) is 3.25. The Bertz CT molecular complexity index is 1480. The standard InChI is InChI=1S/C22H23N3O6S2/c1-4-25(5-2)33(29,30)14-9-11-19(31-3)18(13-14)24-32(27,28)20-12-10-17-21-15(20)7-6-8-16(21)22(26)23-17/h6-13,24H,4-5H2,1-3H3,(H,23,26). The molecule has 1 aliphatic heterocycles. The van der Waals surface area contributed by atoms with Crippen molar-refractivity contribution in [3.8, 4) is 5.75 Å². The zero-order valence-electron chi connectivity index (χ0n) is 18.2. The van der Waals surface area contributed by atoms with Gasteiger partial charge in [-0.05, 0) is 36.4 Å². The Hall–Kier alpha value is -3.15. The van der Waals surface area contributed by atoms with Crippen LogP contribution in [0.25, 0.3) is 10.8 Å². The number of carbonyl (C=O) groups is 1. The highest BCUT2D eigenvalue weighted by Crippen LogP contribution is 2.38. The van der Waals surface area contributed by atoms with Crippen LogP contribution >= 0.6 is 0 Å². The summed E-state index contributed by atoms with van der Waals surface area (Å²) in [6.45, 7) is 4.01. The molecule has 174 valence electrons. The number of sulfonamides is 2. The van der Waals surface area contributed by atoms with Gasteiger partial charge in [0.05, 0.1) is 22.6 Å². The molecule has 0 unspecified atom stereocenters. The number of benzene rings is 3. The number of rotatable bonds is 8. The van der Waals surface area contributed by atoms with Gasteiger partial charge in [-0.1, -0.05) is 26.0 Å². The van der Waals surface area contributed by atoms with Crippen molar-refractivity contribution in [3.63, 3.8) is 0 Å². The van der Waals surface area contributed by atoms with Crippen molar-refractivity contribution in [2.75, 3.05) is 30.2 Å². The quantitative estimate of drug-likeness (QED) is 0.501. The van der Waals surface area contributed by atoms with E-state index in [-0.39, 0.29) is 40.2 Å². The van der Waals surface area contributed by atoms with Crippen molar-refractivity contribution >= 4 is 48.1 Å². The van der Waals surface area contributed by atoms with Crippen LogP contribution in [0, 0.1) is 0 Å². The Kier molecular flexibility index (Phi) is 5.81. The van der Waals surface area contributed by atoms with Gasteiger partial charge >= 0.3 is 0 Å². The van der Waals surface area contributed by atoms with Crippen LogP contribution in [0.5, 0.6) is 5.75 Å². The highest BCUT2D eigenvalue weighted by molar-refractivity contribution is 7.93. The molecular formula is C22H23N3O6S2. The minimum Gasteiger partial charge on any atom is -0.495 e. The lowest BCUT2D eigenvalue weighted by molar-refractivity contribution is 0.103. The smallest absolute Gasteiger partial charge is 0.262 e. The van der Waals surface area contributed by atoms with Crippen LogP contribution in [0.4, 0.5) is 11.4 Å². The van der Waals surface area contributed by atoms with Gasteiger partial charge in [-0.2, -0.15) is 4.31 Å². The molecule has 3 aromatic rings. The van der Waals surface area contributed by atoms with Crippen molar-refractivity contribution in [2.45, 2.75) is 23.6 Å². The van der Waals surface area contributed by atoms with E-state index < -0.39 is 20.0 Å². The summed E-state index contributed by atoms with van der Waals surface area (Å²) in [5.41, 5.74) is 0.919. The zero-order valence-corrected chi connectivity index (χ0v) is 19.9. The third-order valence-corrected chi connectivity index (χ3v) is 9.01. The number of nitrogens with zero attached hydrogens (tertiary/aromatic N) is 1. The van der Waals surface area contributed by atoms with Crippen LogP contribution in [-0.2, 0) is 20.0 Å². The molecule has 0 saturated heterocycles. The van der Waals surface area contributed by atoms with Gasteiger partial charge in [0.1, 0.15) is 5.75 Å². The van der Waals surface area contributed by atoms with E-state index in [1.165, 1.54) is 41.7 Å². The fourth-order valence-corrected chi connectivity index (χ4v) is 6.69. The highest BCUT2D eigenvalue weighted by Gasteiger charge is 2.28. The average Bonchev–Trinajstić information content (AvgIpc) is 3.11. The molecule has 0 aromatic heterocycles. The van der Waals surface area contributed by atoms with Crippen LogP contribution in [0.2, 0.25) is 0 Å². The summed E-state index contributed by atoms with van der Waals surface area (Å²) in [4.78, 5) is 12.1. The minimum absolute atomic E-state index is 0.0109. The van der Waals surface area contributed by atoms with Gasteiger partial charge in [-0.15, -0.1) is 0 Å². The van der Waals surface area contributed by atoms with Gasteiger partial charge < -0.3 is 10.1 Å². The molecule has 1 heterocycles. The maximum absolute atomic E-state index is 13.4. The normalized spacial score (nSPS) is 13.4. The maximum atomic E-state index is 13.4. The Morgan fingerprint density at radius 2 is 1.73 bits per heavy atom. The fourth-order valence-electron chi connectivity index (χ4n) is 3.94. The Balaban J connectivity index is 1.82. The van der Waals surface area contributed by atoms with Crippen LogP contribution < -0.4 is 14.8 Å². The van der Waals surface area contributed by atoms with Crippen LogP contribution in [0.3, 0.4) is 0 Å². The summed E-state index contributed by atoms with van der Waals surface area (Å²) >= 11 is 0. The molecule has 0 aliphatic carbocycles. The topological polar surface area (TPSA) is 122 Å². The fraction of sp³-hybridized carbons (Fsp3) is 0.227. The van der Waals surface area contributed by atoms with Crippen molar-refractivity contribution in [1.82, 2.24) is 4.31 Å². The number of hydrogen-bond donors (Lipinski definition) is 2. The summed E-state index contributed by atoms with van der Waals surface area (Å²) in [5.74, 6) is -0.131. The molecule has 0 spiro atoms. The molecule has 9 nitrogen and oxygen atoms in total. The lowest BCUT2D eigenvalue weighted by Gasteiger charge is -2.20. The summed E-state index contributed by atoms with van der Waals surface area (Å²) in [7, 11) is -6.62. The second kappa shape index (κ2) is 8.32. The molecule has 4 rings (SSSR count). The molecule has 1 aliphatic rings. The summed E-state index contributed by atoms with van der Waals surface area (Å²) in [6, 6.07) is 11.8. The van der Waals surface area contributed by atoms with Gasteiger partial charge in [0.15, 0.2) is 0 Å². The monoisotopic (exact) mass is 489 g/mol. The van der Waals surface area contributed by atoms with Gasteiger partial charge in [-0.3, -0.25) is 9.52 Å². The summed E-state index contributed by atoms with van der Waals surface area (Å²) in [5, 5.41) is 3.62. The second-order valence-corrected chi connectivity index (χ2v) is 10.9. The minimum atomic E-state index is -4.17. The molecule has 0 fully saturated rings. The van der Waals surface area contributed by atoms with Gasteiger partial charge in [0.2, 0.25) is 10.0 Å². The zero-order chi connectivity index (χ0) is 24.0. The van der Waals surface area contributed by atoms with Crippen molar-refractivity contribution in [3.05, 3.63) is 54.1 Å². The molecule has 2 N–H and O–H groups in total. The van der Waals surface area contributed by atoms with Crippen LogP contribution in [0.1, 0.15) is 24.2 Å². The SMILES string of the molecule is CCN(CC)S(=O)(=O)c1ccc(OC)c(NS(=O)(=O)c2ccc3c4c(cccc24)C(=O)N3)c1. The van der Waals surface area contributed by atoms with E-state index in [2.05, 4.69) is 10.0 Å². The van der Waals surface area contributed by atoms with E-state index in [1.807, 2.05) is 0 Å². The third kappa shape index (κ3) is 3.81. The van der Waals surface area contributed by atoms with Gasteiger partial charge in [-0.25, -0.2) is 16.8 Å². The molecular weight excluding hydrogens is 466 g/mol. The van der Waals surface area contributed by atoms with E-state index in [9.17, 15) is 21.6 Å². The first kappa shape index (κ1) is 23.0. The maximum Gasteiger partial charge on any atom is 0.262 e. The number of nitrogens with one attached hydrogen (secondary N) is 2. The third-order valence-electron chi connectivity index (χ3n) is 5.54. The number of carbonyl (C=O) groups excluding carboxylic acids is 1. The average molecular weight is 490 g/mol. The number of hydrogen-bond acceptors (Lipinski definition) is 6. The summed E-state index contributed by atoms with van der Waals surface area (Å²) < 4.78 is 61.7. The Morgan fingerprint density at radius 1 is 1.00 bits per heavy atom. The number of anilines is 2. The number of ether oxygens (including phenoxy) is 1. The molecule has 0 saturated carbocycles. The molecule has 1 amide bonds. The predicted molar refractivity (Wildman–Crippen MR) is 126 cm³/mol. The number of methoxy groups -OCH3 is 1. The molecule has 0 atom stereocenters. The number of amides is 1. The van der Waals surface area contributed by atoms with E-state index >= 15 is 0 Å². The van der Waals surface area contributed by atoms with E-state index in [4.69, 9.17) is 4.74 Å². The largest absolute Gasteiger partial charge is 0.495 e.